The van der Waals surface area contributed by atoms with Gasteiger partial charge in [-0.2, -0.15) is 5.26 Å². The minimum absolute atomic E-state index is 0.255. The number of anilines is 1. The second-order valence-electron chi connectivity index (χ2n) is 4.30. The molecular weight excluding hydrogens is 242 g/mol. The third kappa shape index (κ3) is 3.33. The van der Waals surface area contributed by atoms with Crippen molar-refractivity contribution in [2.75, 3.05) is 31.1 Å². The third-order valence-corrected chi connectivity index (χ3v) is 3.04. The van der Waals surface area contributed by atoms with Gasteiger partial charge in [-0.3, -0.25) is 0 Å². The molecule has 0 amide bonds. The Hall–Kier alpha value is -2.32. The van der Waals surface area contributed by atoms with E-state index in [0.717, 1.165) is 37.4 Å². The number of nitrogens with zero attached hydrogens (tertiary/aromatic N) is 2. The summed E-state index contributed by atoms with van der Waals surface area (Å²) in [5, 5.41) is 20.8. The maximum absolute atomic E-state index is 10.7. The number of carboxylic acid groups (broad SMARTS) is 1. The molecule has 5 heteroatoms. The summed E-state index contributed by atoms with van der Waals surface area (Å²) < 4.78 is 0. The number of benzene rings is 1. The van der Waals surface area contributed by atoms with Gasteiger partial charge in [-0.1, -0.05) is 12.1 Å². The lowest BCUT2D eigenvalue weighted by Gasteiger charge is -2.29. The summed E-state index contributed by atoms with van der Waals surface area (Å²) >= 11 is 0. The van der Waals surface area contributed by atoms with Gasteiger partial charge >= 0.3 is 5.97 Å². The molecule has 19 heavy (non-hydrogen) atoms. The quantitative estimate of drug-likeness (QED) is 0.626. The number of carboxylic acids is 1. The van der Waals surface area contributed by atoms with Crippen molar-refractivity contribution < 1.29 is 9.90 Å². The number of piperazine rings is 1. The van der Waals surface area contributed by atoms with E-state index >= 15 is 0 Å². The maximum atomic E-state index is 10.7. The van der Waals surface area contributed by atoms with Crippen LogP contribution in [0.15, 0.2) is 29.8 Å². The monoisotopic (exact) mass is 257 g/mol. The molecule has 2 N–H and O–H groups in total. The van der Waals surface area contributed by atoms with Crippen molar-refractivity contribution in [2.45, 2.75) is 0 Å². The second kappa shape index (κ2) is 6.03. The molecule has 1 fully saturated rings. The molecule has 0 bridgehead atoms. The first-order valence-corrected chi connectivity index (χ1v) is 6.11. The highest BCUT2D eigenvalue weighted by molar-refractivity contribution is 5.96. The normalized spacial score (nSPS) is 15.9. The molecule has 0 aliphatic carbocycles. The lowest BCUT2D eigenvalue weighted by molar-refractivity contribution is -0.132. The Labute approximate surface area is 111 Å². The maximum Gasteiger partial charge on any atom is 0.346 e. The average molecular weight is 257 g/mol. The number of carbonyl (C=O) groups is 1. The predicted octanol–water partition coefficient (Wildman–Crippen LogP) is 1.09. The van der Waals surface area contributed by atoms with E-state index < -0.39 is 5.97 Å². The van der Waals surface area contributed by atoms with E-state index in [0.29, 0.717) is 0 Å². The summed E-state index contributed by atoms with van der Waals surface area (Å²) in [5.74, 6) is -1.20. The number of rotatable bonds is 3. The molecule has 0 spiro atoms. The minimum Gasteiger partial charge on any atom is -0.477 e. The van der Waals surface area contributed by atoms with Crippen molar-refractivity contribution >= 4 is 17.7 Å². The van der Waals surface area contributed by atoms with Crippen LogP contribution in [0.3, 0.4) is 0 Å². The molecule has 1 aliphatic rings. The fourth-order valence-electron chi connectivity index (χ4n) is 2.01. The number of hydrogen-bond donors (Lipinski definition) is 2. The van der Waals surface area contributed by atoms with E-state index in [1.165, 1.54) is 6.08 Å². The SMILES string of the molecule is N#C/C(=C\c1ccc(N2CCNCC2)cc1)C(=O)O. The first kappa shape index (κ1) is 13.1. The van der Waals surface area contributed by atoms with Crippen LogP contribution in [-0.4, -0.2) is 37.3 Å². The van der Waals surface area contributed by atoms with Crippen LogP contribution in [-0.2, 0) is 4.79 Å². The molecule has 0 aromatic heterocycles. The van der Waals surface area contributed by atoms with Gasteiger partial charge in [-0.05, 0) is 23.8 Å². The Bertz CT molecular complexity index is 523. The van der Waals surface area contributed by atoms with E-state index in [-0.39, 0.29) is 5.57 Å². The summed E-state index contributed by atoms with van der Waals surface area (Å²) in [7, 11) is 0. The van der Waals surface area contributed by atoms with Crippen LogP contribution in [0.4, 0.5) is 5.69 Å². The molecule has 1 aliphatic heterocycles. The van der Waals surface area contributed by atoms with Crippen LogP contribution < -0.4 is 10.2 Å². The van der Waals surface area contributed by atoms with Gasteiger partial charge in [0, 0.05) is 31.9 Å². The van der Waals surface area contributed by atoms with Crippen molar-refractivity contribution in [1.29, 1.82) is 5.26 Å². The number of nitriles is 1. The van der Waals surface area contributed by atoms with Gasteiger partial charge in [0.2, 0.25) is 0 Å². The van der Waals surface area contributed by atoms with Crippen LogP contribution in [0.25, 0.3) is 6.08 Å². The van der Waals surface area contributed by atoms with Gasteiger partial charge < -0.3 is 15.3 Å². The van der Waals surface area contributed by atoms with Crippen molar-refractivity contribution in [3.05, 3.63) is 35.4 Å². The summed E-state index contributed by atoms with van der Waals surface area (Å²) in [6.07, 6.45) is 1.38. The van der Waals surface area contributed by atoms with Gasteiger partial charge in [-0.15, -0.1) is 0 Å². The van der Waals surface area contributed by atoms with Crippen molar-refractivity contribution in [3.63, 3.8) is 0 Å². The van der Waals surface area contributed by atoms with E-state index in [2.05, 4.69) is 10.2 Å². The molecule has 5 nitrogen and oxygen atoms in total. The molecule has 1 heterocycles. The Balaban J connectivity index is 2.14. The first-order valence-electron chi connectivity index (χ1n) is 6.11. The van der Waals surface area contributed by atoms with Gasteiger partial charge in [0.1, 0.15) is 11.6 Å². The summed E-state index contributed by atoms with van der Waals surface area (Å²) in [4.78, 5) is 13.0. The molecule has 1 aromatic carbocycles. The van der Waals surface area contributed by atoms with Crippen molar-refractivity contribution in [1.82, 2.24) is 5.32 Å². The summed E-state index contributed by atoms with van der Waals surface area (Å²) in [6.45, 7) is 3.88. The van der Waals surface area contributed by atoms with Gasteiger partial charge in [0.15, 0.2) is 0 Å². The van der Waals surface area contributed by atoms with Gasteiger partial charge in [-0.25, -0.2) is 4.79 Å². The van der Waals surface area contributed by atoms with Crippen molar-refractivity contribution in [3.8, 4) is 6.07 Å². The number of hydrogen-bond acceptors (Lipinski definition) is 4. The first-order chi connectivity index (χ1) is 9.20. The standard InChI is InChI=1S/C14H15N3O2/c15-10-12(14(18)19)9-11-1-3-13(4-2-11)17-7-5-16-6-8-17/h1-4,9,16H,5-8H2,(H,18,19)/b12-9+. The van der Waals surface area contributed by atoms with E-state index in [1.54, 1.807) is 6.07 Å². The van der Waals surface area contributed by atoms with Gasteiger partial charge in [0.25, 0.3) is 0 Å². The minimum atomic E-state index is -1.20. The molecule has 0 atom stereocenters. The second-order valence-corrected chi connectivity index (χ2v) is 4.30. The topological polar surface area (TPSA) is 76.4 Å². The van der Waals surface area contributed by atoms with E-state index in [1.807, 2.05) is 24.3 Å². The Kier molecular flexibility index (Phi) is 4.16. The molecule has 98 valence electrons. The Morgan fingerprint density at radius 1 is 1.32 bits per heavy atom. The summed E-state index contributed by atoms with van der Waals surface area (Å²) in [6, 6.07) is 9.24. The molecule has 0 radical (unpaired) electrons. The fourth-order valence-corrected chi connectivity index (χ4v) is 2.01. The zero-order valence-electron chi connectivity index (χ0n) is 10.5. The molecule has 1 aromatic rings. The van der Waals surface area contributed by atoms with Crippen LogP contribution in [0.1, 0.15) is 5.56 Å². The van der Waals surface area contributed by atoms with E-state index in [4.69, 9.17) is 10.4 Å². The van der Waals surface area contributed by atoms with Crippen LogP contribution in [0, 0.1) is 11.3 Å². The third-order valence-electron chi connectivity index (χ3n) is 3.04. The van der Waals surface area contributed by atoms with Crippen LogP contribution in [0.2, 0.25) is 0 Å². The fraction of sp³-hybridized carbons (Fsp3) is 0.286. The highest BCUT2D eigenvalue weighted by Gasteiger charge is 2.10. The largest absolute Gasteiger partial charge is 0.477 e. The smallest absolute Gasteiger partial charge is 0.346 e. The molecule has 2 rings (SSSR count). The van der Waals surface area contributed by atoms with E-state index in [9.17, 15) is 4.79 Å². The zero-order chi connectivity index (χ0) is 13.7. The Morgan fingerprint density at radius 2 is 1.95 bits per heavy atom. The predicted molar refractivity (Wildman–Crippen MR) is 72.8 cm³/mol. The van der Waals surface area contributed by atoms with Gasteiger partial charge in [0.05, 0.1) is 0 Å². The molecule has 0 saturated carbocycles. The number of aliphatic carboxylic acids is 1. The molecular formula is C14H15N3O2. The number of nitrogens with one attached hydrogen (secondary N) is 1. The van der Waals surface area contributed by atoms with Crippen LogP contribution >= 0.6 is 0 Å². The van der Waals surface area contributed by atoms with Crippen LogP contribution in [0.5, 0.6) is 0 Å². The summed E-state index contributed by atoms with van der Waals surface area (Å²) in [5.41, 5.74) is 1.58. The lowest BCUT2D eigenvalue weighted by atomic mass is 10.1. The molecule has 1 saturated heterocycles. The highest BCUT2D eigenvalue weighted by Crippen LogP contribution is 2.17. The molecule has 0 unspecified atom stereocenters. The average Bonchev–Trinajstić information content (AvgIpc) is 2.46. The Morgan fingerprint density at radius 3 is 2.47 bits per heavy atom. The van der Waals surface area contributed by atoms with Crippen molar-refractivity contribution in [2.24, 2.45) is 0 Å². The highest BCUT2D eigenvalue weighted by atomic mass is 16.4. The lowest BCUT2D eigenvalue weighted by Crippen LogP contribution is -2.43. The zero-order valence-corrected chi connectivity index (χ0v) is 10.5.